The first kappa shape index (κ1) is 12.3. The third-order valence-corrected chi connectivity index (χ3v) is 11.2. The van der Waals surface area contributed by atoms with E-state index in [1.165, 1.54) is 0 Å². The van der Waals surface area contributed by atoms with E-state index in [1.54, 1.807) is 22.8 Å². The van der Waals surface area contributed by atoms with Crippen LogP contribution in [0.2, 0.25) is 0 Å². The van der Waals surface area contributed by atoms with Crippen LogP contribution in [0.5, 0.6) is 0 Å². The van der Waals surface area contributed by atoms with Crippen molar-refractivity contribution in [3.05, 3.63) is 0 Å². The first-order chi connectivity index (χ1) is 6.20. The van der Waals surface area contributed by atoms with Gasteiger partial charge in [0.15, 0.2) is 4.67 Å². The van der Waals surface area contributed by atoms with E-state index in [-0.39, 0.29) is 0 Å². The molecule has 6 heteroatoms. The third kappa shape index (κ3) is 5.05. The van der Waals surface area contributed by atoms with Crippen molar-refractivity contribution in [3.8, 4) is 0 Å². The Balaban J connectivity index is 2.29. The van der Waals surface area contributed by atoms with Crippen molar-refractivity contribution in [1.29, 1.82) is 0 Å². The maximum atomic E-state index is 5.76. The molecule has 0 aromatic rings. The summed E-state index contributed by atoms with van der Waals surface area (Å²) >= 11 is 9.07. The van der Waals surface area contributed by atoms with Crippen LogP contribution in [0.15, 0.2) is 0 Å². The fraction of sp³-hybridized carbons (Fsp3) is 1.00. The van der Waals surface area contributed by atoms with Gasteiger partial charge >= 0.3 is 0 Å². The van der Waals surface area contributed by atoms with E-state index in [9.17, 15) is 0 Å². The molecule has 0 aromatic carbocycles. The van der Waals surface area contributed by atoms with Crippen LogP contribution in [0.1, 0.15) is 13.8 Å². The molecule has 0 bridgehead atoms. The molecule has 1 unspecified atom stereocenters. The molecule has 1 atom stereocenters. The second-order valence-corrected chi connectivity index (χ2v) is 13.6. The number of rotatable bonds is 7. The zero-order valence-electron chi connectivity index (χ0n) is 7.89. The van der Waals surface area contributed by atoms with Gasteiger partial charge in [0.1, 0.15) is 6.10 Å². The Morgan fingerprint density at radius 1 is 1.46 bits per heavy atom. The highest BCUT2D eigenvalue weighted by Crippen LogP contribution is 2.70. The van der Waals surface area contributed by atoms with Gasteiger partial charge in [-0.3, -0.25) is 0 Å². The maximum Gasteiger partial charge on any atom is 0.174 e. The Bertz CT molecular complexity index is 186. The minimum absolute atomic E-state index is 0.331. The molecule has 0 N–H and O–H groups in total. The van der Waals surface area contributed by atoms with Crippen molar-refractivity contribution >= 4 is 39.2 Å². The number of ether oxygens (including phenoxy) is 1. The molecule has 1 aliphatic heterocycles. The van der Waals surface area contributed by atoms with E-state index in [0.717, 1.165) is 18.1 Å². The Morgan fingerprint density at radius 2 is 2.00 bits per heavy atom. The highest BCUT2D eigenvalue weighted by atomic mass is 33.2. The Labute approximate surface area is 93.1 Å². The Kier molecular flexibility index (Phi) is 5.68. The monoisotopic (exact) mass is 258 g/mol. The molecule has 13 heavy (non-hydrogen) atoms. The molecular formula is C7H15O2PS3. The largest absolute Gasteiger partial charge is 0.371 e. The van der Waals surface area contributed by atoms with Gasteiger partial charge in [-0.2, -0.15) is 0 Å². The molecule has 0 amide bonds. The summed E-state index contributed by atoms with van der Waals surface area (Å²) in [5, 5.41) is 0. The second kappa shape index (κ2) is 5.99. The lowest BCUT2D eigenvalue weighted by atomic mass is 10.5. The van der Waals surface area contributed by atoms with Gasteiger partial charge in [0.2, 0.25) is 0 Å². The molecule has 1 saturated heterocycles. The Hall–Kier alpha value is 1.27. The van der Waals surface area contributed by atoms with E-state index in [0.29, 0.717) is 12.7 Å². The van der Waals surface area contributed by atoms with Crippen molar-refractivity contribution < 1.29 is 9.26 Å². The molecular weight excluding hydrogens is 243 g/mol. The lowest BCUT2D eigenvalue weighted by Crippen LogP contribution is -1.97. The van der Waals surface area contributed by atoms with E-state index in [2.05, 4.69) is 13.8 Å². The normalized spacial score (nSPS) is 21.8. The fourth-order valence-electron chi connectivity index (χ4n) is 0.767. The van der Waals surface area contributed by atoms with Gasteiger partial charge in [-0.25, -0.2) is 0 Å². The molecule has 1 rings (SSSR count). The molecule has 0 aromatic heterocycles. The number of epoxide rings is 1. The van der Waals surface area contributed by atoms with E-state index >= 15 is 0 Å². The summed E-state index contributed by atoms with van der Waals surface area (Å²) in [5.74, 6) is 2.08. The molecule has 78 valence electrons. The first-order valence-corrected chi connectivity index (χ1v) is 10.3. The van der Waals surface area contributed by atoms with Crippen LogP contribution < -0.4 is 0 Å². The van der Waals surface area contributed by atoms with Crippen molar-refractivity contribution in [3.63, 3.8) is 0 Å². The predicted octanol–water partition coefficient (Wildman–Crippen LogP) is 3.13. The van der Waals surface area contributed by atoms with Crippen LogP contribution >= 0.6 is 27.4 Å². The van der Waals surface area contributed by atoms with Crippen LogP contribution in [0.4, 0.5) is 0 Å². The second-order valence-electron chi connectivity index (χ2n) is 2.53. The SMILES string of the molecule is CCSP(=S)(OCC1CO1)SCC. The summed E-state index contributed by atoms with van der Waals surface area (Å²) in [6, 6.07) is 0. The van der Waals surface area contributed by atoms with E-state index in [1.807, 2.05) is 0 Å². The quantitative estimate of drug-likeness (QED) is 0.515. The van der Waals surface area contributed by atoms with E-state index in [4.69, 9.17) is 21.1 Å². The third-order valence-electron chi connectivity index (χ3n) is 1.40. The van der Waals surface area contributed by atoms with Crippen LogP contribution in [0.25, 0.3) is 0 Å². The lowest BCUT2D eigenvalue weighted by Gasteiger charge is -2.18. The van der Waals surface area contributed by atoms with Gasteiger partial charge in [0.25, 0.3) is 0 Å². The average molecular weight is 258 g/mol. The van der Waals surface area contributed by atoms with E-state index < -0.39 is 4.67 Å². The number of hydrogen-bond donors (Lipinski definition) is 0. The standard InChI is InChI=1S/C7H15O2PS3/c1-3-12-10(11,13-4-2)9-6-7-5-8-7/h7H,3-6H2,1-2H3. The smallest absolute Gasteiger partial charge is 0.174 e. The zero-order chi connectivity index (χ0) is 9.73. The predicted molar refractivity (Wildman–Crippen MR) is 66.2 cm³/mol. The van der Waals surface area contributed by atoms with Gasteiger partial charge in [0, 0.05) is 0 Å². The summed E-state index contributed by atoms with van der Waals surface area (Å²) in [6.07, 6.45) is 0.331. The summed E-state index contributed by atoms with van der Waals surface area (Å²) in [6.45, 7) is 5.79. The van der Waals surface area contributed by atoms with Crippen molar-refractivity contribution in [1.82, 2.24) is 0 Å². The van der Waals surface area contributed by atoms with Gasteiger partial charge in [0.05, 0.1) is 13.2 Å². The van der Waals surface area contributed by atoms with Crippen LogP contribution in [-0.2, 0) is 21.1 Å². The summed E-state index contributed by atoms with van der Waals surface area (Å²) < 4.78 is 9.20. The van der Waals surface area contributed by atoms with Gasteiger partial charge < -0.3 is 9.26 Å². The molecule has 0 radical (unpaired) electrons. The van der Waals surface area contributed by atoms with Gasteiger partial charge in [-0.05, 0) is 23.3 Å². The highest BCUT2D eigenvalue weighted by Gasteiger charge is 2.27. The van der Waals surface area contributed by atoms with Crippen molar-refractivity contribution in [2.24, 2.45) is 0 Å². The zero-order valence-corrected chi connectivity index (χ0v) is 11.2. The summed E-state index contributed by atoms with van der Waals surface area (Å²) in [7, 11) is 0. The van der Waals surface area contributed by atoms with Crippen molar-refractivity contribution in [2.45, 2.75) is 20.0 Å². The van der Waals surface area contributed by atoms with Crippen molar-refractivity contribution in [2.75, 3.05) is 24.7 Å². The highest BCUT2D eigenvalue weighted by molar-refractivity contribution is 8.99. The first-order valence-electron chi connectivity index (χ1n) is 4.35. The van der Waals surface area contributed by atoms with Crippen LogP contribution in [0.3, 0.4) is 0 Å². The minimum atomic E-state index is -1.65. The number of hydrogen-bond acceptors (Lipinski definition) is 5. The summed E-state index contributed by atoms with van der Waals surface area (Å²) in [4.78, 5) is 0. The van der Waals surface area contributed by atoms with Crippen LogP contribution in [-0.4, -0.2) is 30.8 Å². The molecule has 0 aliphatic carbocycles. The molecule has 1 heterocycles. The molecule has 1 fully saturated rings. The minimum Gasteiger partial charge on any atom is -0.371 e. The lowest BCUT2D eigenvalue weighted by molar-refractivity contribution is 0.291. The van der Waals surface area contributed by atoms with Gasteiger partial charge in [-0.15, -0.1) is 0 Å². The maximum absolute atomic E-state index is 5.76. The molecule has 2 nitrogen and oxygen atoms in total. The van der Waals surface area contributed by atoms with Gasteiger partial charge in [-0.1, -0.05) is 36.6 Å². The summed E-state index contributed by atoms with van der Waals surface area (Å²) in [5.41, 5.74) is 0. The average Bonchev–Trinajstić information content (AvgIpc) is 2.85. The Morgan fingerprint density at radius 3 is 2.38 bits per heavy atom. The topological polar surface area (TPSA) is 21.8 Å². The fourth-order valence-corrected chi connectivity index (χ4v) is 9.55. The molecule has 0 spiro atoms. The van der Waals surface area contributed by atoms with Crippen LogP contribution in [0, 0.1) is 0 Å². The molecule has 1 aliphatic rings. The molecule has 0 saturated carbocycles.